The van der Waals surface area contributed by atoms with Gasteiger partial charge in [0.25, 0.3) is 0 Å². The molecule has 0 fully saturated rings. The Morgan fingerprint density at radius 2 is 1.90 bits per heavy atom. The smallest absolute Gasteiger partial charge is 0.387 e. The maximum Gasteiger partial charge on any atom is 0.387 e. The summed E-state index contributed by atoms with van der Waals surface area (Å²) in [6.07, 6.45) is 0. The van der Waals surface area contributed by atoms with Crippen molar-refractivity contribution >= 4 is 17.5 Å². The number of benzene rings is 2. The van der Waals surface area contributed by atoms with Crippen LogP contribution in [0.15, 0.2) is 47.6 Å². The molecule has 0 aliphatic carbocycles. The van der Waals surface area contributed by atoms with Gasteiger partial charge in [-0.25, -0.2) is 0 Å². The number of Topliss-reactive ketones (excluding diaryl/α,β-unsaturated/α-hetero) is 1. The number of aryl methyl sites for hydroxylation is 1. The highest BCUT2D eigenvalue weighted by molar-refractivity contribution is 7.99. The van der Waals surface area contributed by atoms with Crippen molar-refractivity contribution in [2.75, 3.05) is 12.9 Å². The number of carbonyl (C=O) groups excluding carboxylic acids is 1. The van der Waals surface area contributed by atoms with E-state index in [1.54, 1.807) is 37.8 Å². The lowest BCUT2D eigenvalue weighted by Crippen LogP contribution is -2.10. The Labute approximate surface area is 170 Å². The maximum atomic E-state index is 12.6. The fourth-order valence-electron chi connectivity index (χ4n) is 2.70. The number of thioether (sulfide) groups is 1. The lowest BCUT2D eigenvalue weighted by Gasteiger charge is -2.10. The van der Waals surface area contributed by atoms with Gasteiger partial charge in [-0.15, -0.1) is 10.2 Å². The molecule has 1 heterocycles. The first-order valence-electron chi connectivity index (χ1n) is 8.64. The van der Waals surface area contributed by atoms with E-state index in [9.17, 15) is 13.6 Å². The molecule has 0 bridgehead atoms. The van der Waals surface area contributed by atoms with Crippen molar-refractivity contribution in [1.82, 2.24) is 14.8 Å². The molecule has 0 saturated heterocycles. The Hall–Kier alpha value is -2.94. The summed E-state index contributed by atoms with van der Waals surface area (Å²) < 4.78 is 36.6. The summed E-state index contributed by atoms with van der Waals surface area (Å²) in [5, 5.41) is 8.84. The van der Waals surface area contributed by atoms with Crippen molar-refractivity contribution < 1.29 is 23.0 Å². The Bertz CT molecular complexity index is 1010. The van der Waals surface area contributed by atoms with Gasteiger partial charge in [0.05, 0.1) is 18.4 Å². The van der Waals surface area contributed by atoms with Gasteiger partial charge in [0.1, 0.15) is 11.5 Å². The Morgan fingerprint density at radius 1 is 1.17 bits per heavy atom. The lowest BCUT2D eigenvalue weighted by molar-refractivity contribution is -0.0501. The van der Waals surface area contributed by atoms with E-state index >= 15 is 0 Å². The molecule has 152 valence electrons. The first kappa shape index (κ1) is 20.8. The maximum absolute atomic E-state index is 12.6. The number of ether oxygens (including phenoxy) is 2. The summed E-state index contributed by atoms with van der Waals surface area (Å²) in [4.78, 5) is 12.6. The van der Waals surface area contributed by atoms with Crippen LogP contribution in [0.1, 0.15) is 15.9 Å². The summed E-state index contributed by atoms with van der Waals surface area (Å²) in [6.45, 7) is -1.22. The van der Waals surface area contributed by atoms with Crippen LogP contribution in [0.2, 0.25) is 0 Å². The molecule has 0 spiro atoms. The molecule has 0 saturated carbocycles. The minimum absolute atomic E-state index is 0.0115. The van der Waals surface area contributed by atoms with Crippen LogP contribution in [0.5, 0.6) is 11.5 Å². The second kappa shape index (κ2) is 9.04. The second-order valence-electron chi connectivity index (χ2n) is 6.18. The predicted molar refractivity (Wildman–Crippen MR) is 106 cm³/mol. The van der Waals surface area contributed by atoms with Crippen LogP contribution in [0.4, 0.5) is 8.78 Å². The van der Waals surface area contributed by atoms with Gasteiger partial charge in [-0.05, 0) is 43.3 Å². The molecule has 2 aromatic carbocycles. The van der Waals surface area contributed by atoms with Crippen LogP contribution in [0.25, 0.3) is 11.4 Å². The van der Waals surface area contributed by atoms with Crippen LogP contribution >= 0.6 is 11.8 Å². The zero-order chi connectivity index (χ0) is 21.0. The molecule has 0 unspecified atom stereocenters. The highest BCUT2D eigenvalue weighted by Gasteiger charge is 2.18. The number of alkyl halides is 2. The largest absolute Gasteiger partial charge is 0.497 e. The van der Waals surface area contributed by atoms with Gasteiger partial charge in [0, 0.05) is 12.6 Å². The van der Waals surface area contributed by atoms with Crippen LogP contribution in [0.3, 0.4) is 0 Å². The number of hydrogen-bond donors (Lipinski definition) is 0. The quantitative estimate of drug-likeness (QED) is 0.399. The first-order chi connectivity index (χ1) is 13.9. The molecule has 1 aromatic heterocycles. The first-order valence-corrected chi connectivity index (χ1v) is 9.63. The number of halogens is 2. The van der Waals surface area contributed by atoms with E-state index in [1.165, 1.54) is 17.8 Å². The highest BCUT2D eigenvalue weighted by atomic mass is 32.2. The number of hydrogen-bond acceptors (Lipinski definition) is 6. The van der Waals surface area contributed by atoms with Gasteiger partial charge in [-0.3, -0.25) is 4.79 Å². The molecule has 0 N–H and O–H groups in total. The Balaban J connectivity index is 1.74. The number of carbonyl (C=O) groups is 1. The monoisotopic (exact) mass is 419 g/mol. The lowest BCUT2D eigenvalue weighted by atomic mass is 10.1. The molecular formula is C20H19F2N3O3S. The highest BCUT2D eigenvalue weighted by Crippen LogP contribution is 2.27. The summed E-state index contributed by atoms with van der Waals surface area (Å²) in [6, 6.07) is 11.9. The minimum Gasteiger partial charge on any atom is -0.497 e. The third kappa shape index (κ3) is 4.92. The van der Waals surface area contributed by atoms with Crippen molar-refractivity contribution in [2.45, 2.75) is 18.7 Å². The molecule has 0 aliphatic rings. The Kier molecular flexibility index (Phi) is 6.48. The van der Waals surface area contributed by atoms with E-state index in [0.717, 1.165) is 16.9 Å². The van der Waals surface area contributed by atoms with E-state index in [0.29, 0.717) is 11.0 Å². The molecule has 0 amide bonds. The van der Waals surface area contributed by atoms with Gasteiger partial charge >= 0.3 is 6.61 Å². The summed E-state index contributed by atoms with van der Waals surface area (Å²) in [5.74, 6) is 0.921. The van der Waals surface area contributed by atoms with Crippen molar-refractivity contribution in [3.05, 3.63) is 53.6 Å². The van der Waals surface area contributed by atoms with E-state index < -0.39 is 6.61 Å². The minimum atomic E-state index is -3.00. The van der Waals surface area contributed by atoms with Gasteiger partial charge in [0.2, 0.25) is 0 Å². The third-order valence-corrected chi connectivity index (χ3v) is 5.19. The molecule has 3 aromatic rings. The normalized spacial score (nSPS) is 11.0. The molecule has 29 heavy (non-hydrogen) atoms. The van der Waals surface area contributed by atoms with Gasteiger partial charge < -0.3 is 14.0 Å². The van der Waals surface area contributed by atoms with Crippen LogP contribution in [0, 0.1) is 6.92 Å². The van der Waals surface area contributed by atoms with Crippen molar-refractivity contribution in [3.8, 4) is 22.9 Å². The van der Waals surface area contributed by atoms with Crippen molar-refractivity contribution in [1.29, 1.82) is 0 Å². The van der Waals surface area contributed by atoms with E-state index in [4.69, 9.17) is 4.74 Å². The molecule has 0 atom stereocenters. The molecule has 0 aliphatic heterocycles. The van der Waals surface area contributed by atoms with Gasteiger partial charge in [-0.2, -0.15) is 8.78 Å². The summed E-state index contributed by atoms with van der Waals surface area (Å²) in [7, 11) is 3.39. The van der Waals surface area contributed by atoms with E-state index in [-0.39, 0.29) is 22.8 Å². The average molecular weight is 419 g/mol. The molecule has 9 heteroatoms. The number of methoxy groups -OCH3 is 1. The number of ketones is 1. The fraction of sp³-hybridized carbons (Fsp3) is 0.250. The summed E-state index contributed by atoms with van der Waals surface area (Å²) >= 11 is 1.18. The standard InChI is InChI=1S/C20H19F2N3O3S/c1-12-4-9-17(28-19(21)22)15(10-12)16(26)11-29-20-24-23-18(25(20)2)13-5-7-14(27-3)8-6-13/h4-10,19H,11H2,1-3H3. The topological polar surface area (TPSA) is 66.2 Å². The van der Waals surface area contributed by atoms with Crippen LogP contribution < -0.4 is 9.47 Å². The molecular weight excluding hydrogens is 400 g/mol. The zero-order valence-corrected chi connectivity index (χ0v) is 16.9. The summed E-state index contributed by atoms with van der Waals surface area (Å²) in [5.41, 5.74) is 1.75. The molecule has 6 nitrogen and oxygen atoms in total. The van der Waals surface area contributed by atoms with E-state index in [2.05, 4.69) is 14.9 Å². The number of aromatic nitrogens is 3. The fourth-order valence-corrected chi connectivity index (χ4v) is 3.49. The van der Waals surface area contributed by atoms with Gasteiger partial charge in [0.15, 0.2) is 16.8 Å². The number of nitrogens with zero attached hydrogens (tertiary/aromatic N) is 3. The van der Waals surface area contributed by atoms with Crippen molar-refractivity contribution in [3.63, 3.8) is 0 Å². The van der Waals surface area contributed by atoms with Crippen LogP contribution in [-0.2, 0) is 7.05 Å². The van der Waals surface area contributed by atoms with E-state index in [1.807, 2.05) is 24.3 Å². The molecule has 3 rings (SSSR count). The predicted octanol–water partition coefficient (Wildman–Crippen LogP) is 4.38. The van der Waals surface area contributed by atoms with Gasteiger partial charge in [-0.1, -0.05) is 23.4 Å². The third-order valence-electron chi connectivity index (χ3n) is 4.17. The van der Waals surface area contributed by atoms with Crippen molar-refractivity contribution in [2.24, 2.45) is 7.05 Å². The zero-order valence-electron chi connectivity index (χ0n) is 16.1. The second-order valence-corrected chi connectivity index (χ2v) is 7.13. The molecule has 0 radical (unpaired) electrons. The Morgan fingerprint density at radius 3 is 2.55 bits per heavy atom. The SMILES string of the molecule is COc1ccc(-c2nnc(SCC(=O)c3cc(C)ccc3OC(F)F)n2C)cc1. The average Bonchev–Trinajstić information content (AvgIpc) is 3.07. The van der Waals surface area contributed by atoms with Crippen LogP contribution in [-0.4, -0.2) is 40.0 Å². The number of rotatable bonds is 8.